The van der Waals surface area contributed by atoms with Crippen molar-refractivity contribution in [3.05, 3.63) is 192 Å². The summed E-state index contributed by atoms with van der Waals surface area (Å²) in [6.45, 7) is 4.79. The van der Waals surface area contributed by atoms with Gasteiger partial charge in [0.15, 0.2) is 5.84 Å². The second-order valence-electron chi connectivity index (χ2n) is 12.4. The number of fused-ring (bicyclic) bond motifs is 5. The van der Waals surface area contributed by atoms with E-state index in [1.165, 1.54) is 0 Å². The lowest BCUT2D eigenvalue weighted by Gasteiger charge is -2.12. The Kier molecular flexibility index (Phi) is 8.34. The zero-order chi connectivity index (χ0) is 33.9. The van der Waals surface area contributed by atoms with Crippen LogP contribution in [-0.2, 0) is 6.54 Å². The molecule has 7 aromatic rings. The van der Waals surface area contributed by atoms with Crippen molar-refractivity contribution >= 4 is 56.0 Å². The number of hydrogen-bond acceptors (Lipinski definition) is 2. The lowest BCUT2D eigenvalue weighted by molar-refractivity contribution is 0.669. The van der Waals surface area contributed by atoms with Gasteiger partial charge in [-0.05, 0) is 80.9 Å². The molecule has 240 valence electrons. The zero-order valence-corrected chi connectivity index (χ0v) is 27.6. The fourth-order valence-corrected chi connectivity index (χ4v) is 6.58. The van der Waals surface area contributed by atoms with E-state index in [-0.39, 0.29) is 0 Å². The van der Waals surface area contributed by atoms with Gasteiger partial charge >= 0.3 is 0 Å². The molecular weight excluding hydrogens is 611 g/mol. The maximum Gasteiger partial charge on any atom is 0.153 e. The van der Waals surface area contributed by atoms with Crippen molar-refractivity contribution < 1.29 is 4.42 Å². The maximum atomic E-state index is 6.86. The van der Waals surface area contributed by atoms with E-state index < -0.39 is 0 Å². The van der Waals surface area contributed by atoms with E-state index in [2.05, 4.69) is 97.6 Å². The lowest BCUT2D eigenvalue weighted by Crippen LogP contribution is -2.17. The SMILES string of the molecule is C=C1/C=C\C=C/CC(C(=NCc2ccccc2)N=C(N)c2ccc3ccc(-c4cccc5oc6ccccc6c45)cc3c2)=Cc2ccccc21. The Hall–Kier alpha value is -6.52. The van der Waals surface area contributed by atoms with Crippen molar-refractivity contribution in [2.24, 2.45) is 15.7 Å². The molecule has 4 nitrogen and oxygen atoms in total. The van der Waals surface area contributed by atoms with Crippen molar-refractivity contribution in [2.75, 3.05) is 0 Å². The summed E-state index contributed by atoms with van der Waals surface area (Å²) in [6.07, 6.45) is 11.0. The Balaban J connectivity index is 1.21. The number of aliphatic imine (C=N–C) groups is 2. The summed E-state index contributed by atoms with van der Waals surface area (Å²) in [5.74, 6) is 1.01. The van der Waals surface area contributed by atoms with Gasteiger partial charge in [-0.1, -0.05) is 140 Å². The highest BCUT2D eigenvalue weighted by atomic mass is 16.3. The molecule has 8 rings (SSSR count). The molecule has 50 heavy (non-hydrogen) atoms. The largest absolute Gasteiger partial charge is 0.456 e. The minimum atomic E-state index is 0.409. The highest BCUT2D eigenvalue weighted by Crippen LogP contribution is 2.37. The molecular formula is C46H35N3O. The van der Waals surface area contributed by atoms with Crippen LogP contribution >= 0.6 is 0 Å². The molecule has 1 aliphatic rings. The molecule has 0 unspecified atom stereocenters. The molecule has 6 aromatic carbocycles. The molecule has 1 heterocycles. The molecule has 0 amide bonds. The number of benzene rings is 6. The first-order chi connectivity index (χ1) is 24.6. The van der Waals surface area contributed by atoms with Crippen LogP contribution in [0.5, 0.6) is 0 Å². The van der Waals surface area contributed by atoms with E-state index in [1.54, 1.807) is 0 Å². The highest BCUT2D eigenvalue weighted by molar-refractivity contribution is 6.15. The average Bonchev–Trinajstić information content (AvgIpc) is 3.55. The summed E-state index contributed by atoms with van der Waals surface area (Å²) >= 11 is 0. The number of nitrogens with zero attached hydrogens (tertiary/aromatic N) is 2. The molecule has 0 fully saturated rings. The van der Waals surface area contributed by atoms with E-state index in [1.807, 2.05) is 72.8 Å². The standard InChI is InChI=1S/C46H35N3O/c1-31-13-4-2-7-17-37(27-34-16-8-9-18-39(31)34)46(48-30-32-14-5-3-6-15-32)49-45(47)36-26-24-33-23-25-35(28-38(33)29-36)40-20-12-22-43-44(40)41-19-10-11-21-42(41)50-43/h2-16,18-29H,1,17,30H2,(H2,47,48,49)/b7-2-,13-4-,37-27?. The van der Waals surface area contributed by atoms with Gasteiger partial charge in [0.05, 0.1) is 6.54 Å². The van der Waals surface area contributed by atoms with Crippen LogP contribution < -0.4 is 5.73 Å². The summed E-state index contributed by atoms with van der Waals surface area (Å²) in [7, 11) is 0. The fraction of sp³-hybridized carbons (Fsp3) is 0.0435. The zero-order valence-electron chi connectivity index (χ0n) is 27.6. The quantitative estimate of drug-likeness (QED) is 0.150. The molecule has 4 heteroatoms. The summed E-state index contributed by atoms with van der Waals surface area (Å²) in [4.78, 5) is 10.1. The molecule has 0 bridgehead atoms. The van der Waals surface area contributed by atoms with Crippen molar-refractivity contribution in [1.29, 1.82) is 0 Å². The Morgan fingerprint density at radius 2 is 1.50 bits per heavy atom. The molecule has 0 saturated heterocycles. The van der Waals surface area contributed by atoms with E-state index in [4.69, 9.17) is 20.1 Å². The second-order valence-corrected chi connectivity index (χ2v) is 12.4. The fourth-order valence-electron chi connectivity index (χ4n) is 6.58. The predicted molar refractivity (Wildman–Crippen MR) is 211 cm³/mol. The van der Waals surface area contributed by atoms with E-state index in [0.29, 0.717) is 24.6 Å². The average molecular weight is 646 g/mol. The summed E-state index contributed by atoms with van der Waals surface area (Å²) in [6, 6.07) is 45.7. The van der Waals surface area contributed by atoms with Crippen LogP contribution in [0.2, 0.25) is 0 Å². The van der Waals surface area contributed by atoms with Crippen LogP contribution in [0.15, 0.2) is 184 Å². The van der Waals surface area contributed by atoms with E-state index in [0.717, 1.165) is 77.2 Å². The molecule has 1 aromatic heterocycles. The van der Waals surface area contributed by atoms with E-state index >= 15 is 0 Å². The first-order valence-electron chi connectivity index (χ1n) is 16.8. The molecule has 2 N–H and O–H groups in total. The monoisotopic (exact) mass is 645 g/mol. The third-order valence-corrected chi connectivity index (χ3v) is 9.14. The number of allylic oxidation sites excluding steroid dienone is 5. The molecule has 0 saturated carbocycles. The Labute approximate surface area is 291 Å². The van der Waals surface area contributed by atoms with Gasteiger partial charge in [-0.15, -0.1) is 0 Å². The smallest absolute Gasteiger partial charge is 0.153 e. The molecule has 0 spiro atoms. The Morgan fingerprint density at radius 3 is 2.42 bits per heavy atom. The number of rotatable bonds is 5. The Morgan fingerprint density at radius 1 is 0.720 bits per heavy atom. The lowest BCUT2D eigenvalue weighted by atomic mass is 9.96. The molecule has 0 radical (unpaired) electrons. The van der Waals surface area contributed by atoms with Gasteiger partial charge in [0.2, 0.25) is 0 Å². The van der Waals surface area contributed by atoms with Crippen LogP contribution in [0.3, 0.4) is 0 Å². The topological polar surface area (TPSA) is 63.9 Å². The molecule has 1 aliphatic carbocycles. The van der Waals surface area contributed by atoms with E-state index in [9.17, 15) is 0 Å². The van der Waals surface area contributed by atoms with Gasteiger partial charge in [0.1, 0.15) is 17.0 Å². The van der Waals surface area contributed by atoms with Crippen LogP contribution in [0.25, 0.3) is 55.5 Å². The minimum absolute atomic E-state index is 0.409. The summed E-state index contributed by atoms with van der Waals surface area (Å²) in [5.41, 5.74) is 16.9. The second kappa shape index (κ2) is 13.5. The Bertz CT molecular complexity index is 2560. The third-order valence-electron chi connectivity index (χ3n) is 9.14. The number of furan rings is 1. The number of amidine groups is 2. The number of hydrogen-bond donors (Lipinski definition) is 1. The first-order valence-corrected chi connectivity index (χ1v) is 16.8. The third kappa shape index (κ3) is 6.23. The van der Waals surface area contributed by atoms with Crippen LogP contribution in [0, 0.1) is 0 Å². The minimum Gasteiger partial charge on any atom is -0.456 e. The van der Waals surface area contributed by atoms with Crippen LogP contribution in [-0.4, -0.2) is 11.7 Å². The highest BCUT2D eigenvalue weighted by Gasteiger charge is 2.14. The summed E-state index contributed by atoms with van der Waals surface area (Å²) < 4.78 is 6.18. The normalized spacial score (nSPS) is 15.2. The first kappa shape index (κ1) is 30.8. The van der Waals surface area contributed by atoms with Crippen LogP contribution in [0.4, 0.5) is 0 Å². The van der Waals surface area contributed by atoms with Crippen LogP contribution in [0.1, 0.15) is 28.7 Å². The van der Waals surface area contributed by atoms with Gasteiger partial charge in [-0.3, -0.25) is 4.99 Å². The predicted octanol–water partition coefficient (Wildman–Crippen LogP) is 11.3. The van der Waals surface area contributed by atoms with Gasteiger partial charge in [-0.25, -0.2) is 4.99 Å². The van der Waals surface area contributed by atoms with Gasteiger partial charge in [-0.2, -0.15) is 0 Å². The van der Waals surface area contributed by atoms with Crippen molar-refractivity contribution in [1.82, 2.24) is 0 Å². The van der Waals surface area contributed by atoms with Crippen molar-refractivity contribution in [2.45, 2.75) is 13.0 Å². The van der Waals surface area contributed by atoms with Gasteiger partial charge in [0.25, 0.3) is 0 Å². The van der Waals surface area contributed by atoms with Gasteiger partial charge in [0, 0.05) is 21.9 Å². The molecule has 0 aliphatic heterocycles. The van der Waals surface area contributed by atoms with Gasteiger partial charge < -0.3 is 10.2 Å². The van der Waals surface area contributed by atoms with Crippen molar-refractivity contribution in [3.8, 4) is 11.1 Å². The maximum absolute atomic E-state index is 6.86. The van der Waals surface area contributed by atoms with Crippen molar-refractivity contribution in [3.63, 3.8) is 0 Å². The number of para-hydroxylation sites is 1. The summed E-state index contributed by atoms with van der Waals surface area (Å²) in [5, 5.41) is 4.43. The number of nitrogens with two attached hydrogens (primary N) is 1. The molecule has 0 atom stereocenters.